The Morgan fingerprint density at radius 2 is 1.80 bits per heavy atom. The van der Waals surface area contributed by atoms with Crippen LogP contribution in [0.15, 0.2) is 71.8 Å². The summed E-state index contributed by atoms with van der Waals surface area (Å²) in [6.45, 7) is 3.88. The summed E-state index contributed by atoms with van der Waals surface area (Å²) in [4.78, 5) is 25.8. The average Bonchev–Trinajstić information content (AvgIpc) is 2.62. The van der Waals surface area contributed by atoms with Crippen molar-refractivity contribution in [3.63, 3.8) is 0 Å². The fourth-order valence-electron chi connectivity index (χ4n) is 2.82. The lowest BCUT2D eigenvalue weighted by Gasteiger charge is -2.34. The Balaban J connectivity index is 1.88. The summed E-state index contributed by atoms with van der Waals surface area (Å²) in [6, 6.07) is 16.2. The minimum absolute atomic E-state index is 0.220. The minimum Gasteiger partial charge on any atom is -0.330 e. The van der Waals surface area contributed by atoms with E-state index in [1.165, 1.54) is 0 Å². The van der Waals surface area contributed by atoms with Gasteiger partial charge in [0, 0.05) is 16.3 Å². The zero-order chi connectivity index (χ0) is 17.8. The summed E-state index contributed by atoms with van der Waals surface area (Å²) < 4.78 is 0. The first-order valence-electron chi connectivity index (χ1n) is 7.84. The van der Waals surface area contributed by atoms with E-state index >= 15 is 0 Å². The Kier molecular flexibility index (Phi) is 5.09. The number of para-hydroxylation sites is 1. The number of nitrogens with one attached hydrogen (secondary N) is 3. The highest BCUT2D eigenvalue weighted by molar-refractivity contribution is 7.98. The van der Waals surface area contributed by atoms with Crippen molar-refractivity contribution in [3.05, 3.63) is 72.4 Å². The van der Waals surface area contributed by atoms with Gasteiger partial charge >= 0.3 is 6.03 Å². The van der Waals surface area contributed by atoms with Gasteiger partial charge in [0.25, 0.3) is 0 Å². The molecule has 3 rings (SSSR count). The van der Waals surface area contributed by atoms with Gasteiger partial charge in [-0.15, -0.1) is 11.8 Å². The molecule has 128 valence electrons. The van der Waals surface area contributed by atoms with Gasteiger partial charge in [0.2, 0.25) is 5.91 Å². The van der Waals surface area contributed by atoms with E-state index < -0.39 is 12.0 Å². The molecule has 0 aromatic heterocycles. The summed E-state index contributed by atoms with van der Waals surface area (Å²) in [6.07, 6.45) is 2.00. The molecule has 2 aromatic rings. The number of benzene rings is 2. The number of anilines is 1. The molecule has 0 unspecified atom stereocenters. The second kappa shape index (κ2) is 7.44. The Bertz CT molecular complexity index is 790. The second-order valence-corrected chi connectivity index (χ2v) is 6.59. The molecule has 2 atom stereocenters. The van der Waals surface area contributed by atoms with Gasteiger partial charge in [-0.1, -0.05) is 36.9 Å². The van der Waals surface area contributed by atoms with Crippen LogP contribution in [0.1, 0.15) is 11.6 Å². The van der Waals surface area contributed by atoms with Crippen molar-refractivity contribution in [2.45, 2.75) is 10.9 Å². The molecule has 0 radical (unpaired) electrons. The van der Waals surface area contributed by atoms with Crippen molar-refractivity contribution in [2.24, 2.45) is 5.92 Å². The first-order valence-corrected chi connectivity index (χ1v) is 9.07. The third-order valence-corrected chi connectivity index (χ3v) is 4.81. The van der Waals surface area contributed by atoms with Crippen LogP contribution in [0.3, 0.4) is 0 Å². The summed E-state index contributed by atoms with van der Waals surface area (Å²) in [7, 11) is 0. The smallest absolute Gasteiger partial charge is 0.319 e. The zero-order valence-electron chi connectivity index (χ0n) is 13.8. The number of thioether (sulfide) groups is 1. The lowest BCUT2D eigenvalue weighted by molar-refractivity contribution is -0.119. The Morgan fingerprint density at radius 3 is 2.44 bits per heavy atom. The fourth-order valence-corrected chi connectivity index (χ4v) is 3.23. The van der Waals surface area contributed by atoms with Gasteiger partial charge in [-0.2, -0.15) is 0 Å². The highest BCUT2D eigenvalue weighted by Gasteiger charge is 2.37. The maximum Gasteiger partial charge on any atom is 0.319 e. The van der Waals surface area contributed by atoms with E-state index in [4.69, 9.17) is 0 Å². The van der Waals surface area contributed by atoms with Crippen molar-refractivity contribution in [2.75, 3.05) is 11.6 Å². The third kappa shape index (κ3) is 3.85. The van der Waals surface area contributed by atoms with Crippen molar-refractivity contribution >= 4 is 29.4 Å². The van der Waals surface area contributed by atoms with Crippen LogP contribution in [-0.2, 0) is 4.79 Å². The average molecular weight is 353 g/mol. The van der Waals surface area contributed by atoms with Gasteiger partial charge in [-0.3, -0.25) is 4.79 Å². The number of carbonyl (C=O) groups excluding carboxylic acids is 2. The van der Waals surface area contributed by atoms with Crippen LogP contribution in [0, 0.1) is 5.92 Å². The lowest BCUT2D eigenvalue weighted by Crippen LogP contribution is -2.51. The maximum atomic E-state index is 12.8. The highest BCUT2D eigenvalue weighted by atomic mass is 32.2. The molecule has 0 spiro atoms. The summed E-state index contributed by atoms with van der Waals surface area (Å²) in [5.74, 6) is -0.833. The molecule has 1 aliphatic heterocycles. The predicted molar refractivity (Wildman–Crippen MR) is 100 cm³/mol. The monoisotopic (exact) mass is 353 g/mol. The van der Waals surface area contributed by atoms with Gasteiger partial charge in [0.15, 0.2) is 0 Å². The van der Waals surface area contributed by atoms with Crippen LogP contribution in [-0.4, -0.2) is 18.2 Å². The molecule has 5 nitrogen and oxygen atoms in total. The standard InChI is InChI=1S/C19H19N3O2S/c1-12-16(18(23)21-14-6-4-3-5-7-14)17(22-19(24)20-12)13-8-10-15(25-2)11-9-13/h3-11,16-17H,1H2,2H3,(H,21,23)(H2,20,22,24)/t16-,17+/m0/s1. The normalized spacial score (nSPS) is 19.7. The van der Waals surface area contributed by atoms with E-state index in [1.54, 1.807) is 11.8 Å². The zero-order valence-corrected chi connectivity index (χ0v) is 14.6. The lowest BCUT2D eigenvalue weighted by atomic mass is 9.88. The molecule has 2 aromatic carbocycles. The van der Waals surface area contributed by atoms with Crippen LogP contribution in [0.25, 0.3) is 0 Å². The first-order chi connectivity index (χ1) is 12.1. The van der Waals surface area contributed by atoms with E-state index in [-0.39, 0.29) is 11.9 Å². The number of carbonyl (C=O) groups is 2. The molecular weight excluding hydrogens is 334 g/mol. The minimum atomic E-state index is -0.613. The van der Waals surface area contributed by atoms with Crippen molar-refractivity contribution in [1.82, 2.24) is 10.6 Å². The molecule has 0 saturated carbocycles. The van der Waals surface area contributed by atoms with Crippen LogP contribution in [0.2, 0.25) is 0 Å². The second-order valence-electron chi connectivity index (χ2n) is 5.71. The van der Waals surface area contributed by atoms with E-state index in [2.05, 4.69) is 22.5 Å². The molecule has 1 fully saturated rings. The van der Waals surface area contributed by atoms with E-state index in [0.717, 1.165) is 10.5 Å². The topological polar surface area (TPSA) is 70.2 Å². The third-order valence-electron chi connectivity index (χ3n) is 4.07. The van der Waals surface area contributed by atoms with E-state index in [1.807, 2.05) is 60.9 Å². The summed E-state index contributed by atoms with van der Waals surface area (Å²) in [5, 5.41) is 8.33. The predicted octanol–water partition coefficient (Wildman–Crippen LogP) is 3.53. The number of hydrogen-bond acceptors (Lipinski definition) is 3. The van der Waals surface area contributed by atoms with Crippen LogP contribution < -0.4 is 16.0 Å². The first kappa shape index (κ1) is 17.1. The van der Waals surface area contributed by atoms with Gasteiger partial charge in [-0.25, -0.2) is 4.79 Å². The molecular formula is C19H19N3O2S. The molecule has 1 heterocycles. The van der Waals surface area contributed by atoms with Crippen LogP contribution >= 0.6 is 11.8 Å². The Morgan fingerprint density at radius 1 is 1.12 bits per heavy atom. The van der Waals surface area contributed by atoms with E-state index in [0.29, 0.717) is 11.4 Å². The van der Waals surface area contributed by atoms with Gasteiger partial charge < -0.3 is 16.0 Å². The molecule has 1 saturated heterocycles. The summed E-state index contributed by atoms with van der Waals surface area (Å²) in [5.41, 5.74) is 1.95. The largest absolute Gasteiger partial charge is 0.330 e. The highest BCUT2D eigenvalue weighted by Crippen LogP contribution is 2.31. The maximum absolute atomic E-state index is 12.8. The quantitative estimate of drug-likeness (QED) is 0.737. The van der Waals surface area contributed by atoms with Crippen LogP contribution in [0.4, 0.5) is 10.5 Å². The number of hydrogen-bond donors (Lipinski definition) is 3. The number of rotatable bonds is 4. The van der Waals surface area contributed by atoms with Gasteiger partial charge in [0.05, 0.1) is 6.04 Å². The molecule has 0 aliphatic carbocycles. The molecule has 1 aliphatic rings. The van der Waals surface area contributed by atoms with Gasteiger partial charge in [-0.05, 0) is 36.1 Å². The molecule has 3 amide bonds. The van der Waals surface area contributed by atoms with Crippen molar-refractivity contribution in [3.8, 4) is 0 Å². The van der Waals surface area contributed by atoms with Crippen molar-refractivity contribution < 1.29 is 9.59 Å². The molecule has 3 N–H and O–H groups in total. The fraction of sp³-hybridized carbons (Fsp3) is 0.158. The molecule has 25 heavy (non-hydrogen) atoms. The van der Waals surface area contributed by atoms with E-state index in [9.17, 15) is 9.59 Å². The van der Waals surface area contributed by atoms with Crippen LogP contribution in [0.5, 0.6) is 0 Å². The number of urea groups is 1. The van der Waals surface area contributed by atoms with Crippen molar-refractivity contribution in [1.29, 1.82) is 0 Å². The molecule has 6 heteroatoms. The SMILES string of the molecule is C=C1NC(=O)N[C@H](c2ccc(SC)cc2)[C@H]1C(=O)Nc1ccccc1. The Hall–Kier alpha value is -2.73. The van der Waals surface area contributed by atoms with Gasteiger partial charge in [0.1, 0.15) is 5.92 Å². The molecule has 0 bridgehead atoms. The summed E-state index contributed by atoms with van der Waals surface area (Å²) >= 11 is 1.64. The Labute approximate surface area is 150 Å². The number of amides is 3.